The normalized spacial score (nSPS) is 18.4. The Morgan fingerprint density at radius 3 is 2.64 bits per heavy atom. The molecular formula is C21H19ClN2O4. The highest BCUT2D eigenvalue weighted by molar-refractivity contribution is 6.31. The van der Waals surface area contributed by atoms with Crippen LogP contribution in [0.5, 0.6) is 0 Å². The topological polar surface area (TPSA) is 75.7 Å². The molecule has 4 rings (SSSR count). The van der Waals surface area contributed by atoms with Crippen molar-refractivity contribution in [2.75, 3.05) is 18.4 Å². The number of hydrogen-bond acceptors (Lipinski definition) is 4. The van der Waals surface area contributed by atoms with Gasteiger partial charge in [-0.15, -0.1) is 0 Å². The van der Waals surface area contributed by atoms with Crippen LogP contribution in [0.1, 0.15) is 39.1 Å². The van der Waals surface area contributed by atoms with E-state index < -0.39 is 18.0 Å². The number of carbonyl (C=O) groups is 3. The Labute approximate surface area is 167 Å². The number of cyclic esters (lactones) is 1. The number of ether oxygens (including phenoxy) is 1. The number of likely N-dealkylation sites (tertiary alicyclic amines) is 1. The summed E-state index contributed by atoms with van der Waals surface area (Å²) in [5.74, 6) is -1.16. The standard InChI is InChI=1S/C21H19ClN2O4/c22-14-7-8-16(20(26)24-9-3-4-10-24)17(12-14)23-19(25)18-11-13-5-1-2-6-15(13)21(27)28-18/h1-2,5-8,12,18H,3-4,9-11H2,(H,23,25)/t18-/m1/s1. The van der Waals surface area contributed by atoms with Gasteiger partial charge in [-0.05, 0) is 42.7 Å². The van der Waals surface area contributed by atoms with Crippen LogP contribution < -0.4 is 5.32 Å². The number of nitrogens with one attached hydrogen (secondary N) is 1. The molecule has 144 valence electrons. The fraction of sp³-hybridized carbons (Fsp3) is 0.286. The lowest BCUT2D eigenvalue weighted by Gasteiger charge is -2.24. The van der Waals surface area contributed by atoms with Crippen LogP contribution in [0, 0.1) is 0 Å². The molecule has 2 aromatic rings. The second-order valence-electron chi connectivity index (χ2n) is 6.93. The Morgan fingerprint density at radius 1 is 1.11 bits per heavy atom. The van der Waals surface area contributed by atoms with Crippen molar-refractivity contribution in [2.45, 2.75) is 25.4 Å². The average molecular weight is 399 g/mol. The molecule has 1 atom stereocenters. The maximum absolute atomic E-state index is 12.8. The summed E-state index contributed by atoms with van der Waals surface area (Å²) in [7, 11) is 0. The van der Waals surface area contributed by atoms with E-state index in [4.69, 9.17) is 16.3 Å². The van der Waals surface area contributed by atoms with Gasteiger partial charge in [0.1, 0.15) is 0 Å². The van der Waals surface area contributed by atoms with Gasteiger partial charge in [0, 0.05) is 24.5 Å². The lowest BCUT2D eigenvalue weighted by molar-refractivity contribution is -0.125. The van der Waals surface area contributed by atoms with Crippen LogP contribution in [0.2, 0.25) is 5.02 Å². The fourth-order valence-electron chi connectivity index (χ4n) is 3.59. The summed E-state index contributed by atoms with van der Waals surface area (Å²) < 4.78 is 5.30. The minimum atomic E-state index is -0.962. The Hall–Kier alpha value is -2.86. The zero-order chi connectivity index (χ0) is 19.7. The van der Waals surface area contributed by atoms with Gasteiger partial charge in [-0.3, -0.25) is 9.59 Å². The van der Waals surface area contributed by atoms with E-state index >= 15 is 0 Å². The van der Waals surface area contributed by atoms with E-state index in [-0.39, 0.29) is 12.3 Å². The number of amides is 2. The highest BCUT2D eigenvalue weighted by Gasteiger charge is 2.32. The van der Waals surface area contributed by atoms with Gasteiger partial charge in [-0.2, -0.15) is 0 Å². The summed E-state index contributed by atoms with van der Waals surface area (Å²) in [4.78, 5) is 39.5. The number of anilines is 1. The van der Waals surface area contributed by atoms with Crippen LogP contribution in [0.3, 0.4) is 0 Å². The Morgan fingerprint density at radius 2 is 1.86 bits per heavy atom. The maximum atomic E-state index is 12.8. The number of rotatable bonds is 3. The van der Waals surface area contributed by atoms with Gasteiger partial charge < -0.3 is 15.0 Å². The number of carbonyl (C=O) groups excluding carboxylic acids is 3. The average Bonchev–Trinajstić information content (AvgIpc) is 3.22. The van der Waals surface area contributed by atoms with Gasteiger partial charge in [0.2, 0.25) is 0 Å². The number of halogens is 1. The highest BCUT2D eigenvalue weighted by atomic mass is 35.5. The molecule has 28 heavy (non-hydrogen) atoms. The third-order valence-electron chi connectivity index (χ3n) is 5.05. The van der Waals surface area contributed by atoms with Crippen LogP contribution in [0.15, 0.2) is 42.5 Å². The molecule has 0 saturated carbocycles. The van der Waals surface area contributed by atoms with Gasteiger partial charge in [-0.1, -0.05) is 29.8 Å². The molecule has 0 bridgehead atoms. The number of nitrogens with zero attached hydrogens (tertiary/aromatic N) is 1. The molecule has 2 aliphatic rings. The molecule has 1 saturated heterocycles. The Balaban J connectivity index is 1.56. The first-order valence-corrected chi connectivity index (χ1v) is 9.59. The molecule has 0 unspecified atom stereocenters. The second-order valence-corrected chi connectivity index (χ2v) is 7.37. The molecule has 2 aromatic carbocycles. The molecule has 0 aromatic heterocycles. The lowest BCUT2D eigenvalue weighted by atomic mass is 9.98. The molecule has 6 nitrogen and oxygen atoms in total. The molecule has 1 N–H and O–H groups in total. The van der Waals surface area contributed by atoms with Crippen molar-refractivity contribution in [3.8, 4) is 0 Å². The summed E-state index contributed by atoms with van der Waals surface area (Å²) in [5, 5.41) is 3.13. The Bertz CT molecular complexity index is 953. The van der Waals surface area contributed by atoms with Crippen molar-refractivity contribution < 1.29 is 19.1 Å². The summed E-state index contributed by atoms with van der Waals surface area (Å²) in [6, 6.07) is 11.8. The van der Waals surface area contributed by atoms with E-state index in [0.29, 0.717) is 34.9 Å². The van der Waals surface area contributed by atoms with Crippen LogP contribution in [0.25, 0.3) is 0 Å². The van der Waals surface area contributed by atoms with Crippen molar-refractivity contribution in [3.63, 3.8) is 0 Å². The minimum absolute atomic E-state index is 0.143. The highest BCUT2D eigenvalue weighted by Crippen LogP contribution is 2.26. The van der Waals surface area contributed by atoms with Gasteiger partial charge in [0.05, 0.1) is 16.8 Å². The molecule has 7 heteroatoms. The van der Waals surface area contributed by atoms with Crippen molar-refractivity contribution in [1.29, 1.82) is 0 Å². The van der Waals surface area contributed by atoms with Crippen LogP contribution in [-0.2, 0) is 16.0 Å². The first-order chi connectivity index (χ1) is 13.5. The van der Waals surface area contributed by atoms with E-state index in [9.17, 15) is 14.4 Å². The van der Waals surface area contributed by atoms with Gasteiger partial charge >= 0.3 is 5.97 Å². The van der Waals surface area contributed by atoms with Gasteiger partial charge in [0.15, 0.2) is 6.10 Å². The van der Waals surface area contributed by atoms with E-state index in [1.807, 2.05) is 6.07 Å². The van der Waals surface area contributed by atoms with Crippen LogP contribution >= 0.6 is 11.6 Å². The number of esters is 1. The predicted molar refractivity (Wildman–Crippen MR) is 105 cm³/mol. The lowest BCUT2D eigenvalue weighted by Crippen LogP contribution is -2.38. The molecule has 1 fully saturated rings. The zero-order valence-electron chi connectivity index (χ0n) is 15.1. The first kappa shape index (κ1) is 18.5. The fourth-order valence-corrected chi connectivity index (χ4v) is 3.76. The quantitative estimate of drug-likeness (QED) is 0.805. The third kappa shape index (κ3) is 3.60. The maximum Gasteiger partial charge on any atom is 0.339 e. The van der Waals surface area contributed by atoms with Crippen molar-refractivity contribution in [1.82, 2.24) is 4.90 Å². The van der Waals surface area contributed by atoms with Gasteiger partial charge in [0.25, 0.3) is 11.8 Å². The zero-order valence-corrected chi connectivity index (χ0v) is 15.9. The number of benzene rings is 2. The van der Waals surface area contributed by atoms with Crippen molar-refractivity contribution >= 4 is 35.1 Å². The second kappa shape index (κ2) is 7.64. The molecule has 0 spiro atoms. The van der Waals surface area contributed by atoms with Crippen molar-refractivity contribution in [3.05, 3.63) is 64.2 Å². The first-order valence-electron chi connectivity index (χ1n) is 9.21. The van der Waals surface area contributed by atoms with E-state index in [2.05, 4.69) is 5.32 Å². The molecule has 2 amide bonds. The molecule has 0 radical (unpaired) electrons. The summed E-state index contributed by atoms with van der Waals surface area (Å²) in [6.45, 7) is 1.40. The monoisotopic (exact) mass is 398 g/mol. The summed E-state index contributed by atoms with van der Waals surface area (Å²) in [6.07, 6.45) is 1.26. The van der Waals surface area contributed by atoms with E-state index in [0.717, 1.165) is 18.4 Å². The largest absolute Gasteiger partial charge is 0.448 e. The number of fused-ring (bicyclic) bond motifs is 1. The summed E-state index contributed by atoms with van der Waals surface area (Å²) >= 11 is 6.08. The van der Waals surface area contributed by atoms with Crippen LogP contribution in [0.4, 0.5) is 5.69 Å². The smallest absolute Gasteiger partial charge is 0.339 e. The van der Waals surface area contributed by atoms with Crippen LogP contribution in [-0.4, -0.2) is 41.9 Å². The SMILES string of the molecule is O=C1O[C@@H](C(=O)Nc2cc(Cl)ccc2C(=O)N2CCCC2)Cc2ccccc21. The third-order valence-corrected chi connectivity index (χ3v) is 5.28. The molecular weight excluding hydrogens is 380 g/mol. The van der Waals surface area contributed by atoms with E-state index in [1.54, 1.807) is 41.3 Å². The predicted octanol–water partition coefficient (Wildman–Crippen LogP) is 3.30. The van der Waals surface area contributed by atoms with Crippen molar-refractivity contribution in [2.24, 2.45) is 0 Å². The minimum Gasteiger partial charge on any atom is -0.448 e. The molecule has 2 aliphatic heterocycles. The summed E-state index contributed by atoms with van der Waals surface area (Å²) in [5.41, 5.74) is 1.93. The molecule has 0 aliphatic carbocycles. The van der Waals surface area contributed by atoms with Gasteiger partial charge in [-0.25, -0.2) is 4.79 Å². The number of hydrogen-bond donors (Lipinski definition) is 1. The van der Waals surface area contributed by atoms with E-state index in [1.165, 1.54) is 0 Å². The Kier molecular flexibility index (Phi) is 5.05. The molecule has 2 heterocycles.